The summed E-state index contributed by atoms with van der Waals surface area (Å²) in [6, 6.07) is 14.2. The van der Waals surface area contributed by atoms with E-state index >= 15 is 0 Å². The lowest BCUT2D eigenvalue weighted by molar-refractivity contribution is 0.102. The first-order chi connectivity index (χ1) is 11.0. The number of phenols is 1. The summed E-state index contributed by atoms with van der Waals surface area (Å²) in [7, 11) is 0. The second kappa shape index (κ2) is 5.82. The fraction of sp³-hybridized carbons (Fsp3) is 0.0556. The van der Waals surface area contributed by atoms with Crippen LogP contribution in [0.5, 0.6) is 5.75 Å². The number of anilines is 2. The van der Waals surface area contributed by atoms with Gasteiger partial charge in [-0.15, -0.1) is 0 Å². The molecule has 23 heavy (non-hydrogen) atoms. The van der Waals surface area contributed by atoms with Crippen LogP contribution in [0.15, 0.2) is 48.5 Å². The van der Waals surface area contributed by atoms with Crippen molar-refractivity contribution >= 4 is 39.7 Å². The quantitative estimate of drug-likeness (QED) is 0.484. The van der Waals surface area contributed by atoms with E-state index in [1.54, 1.807) is 24.3 Å². The summed E-state index contributed by atoms with van der Waals surface area (Å²) in [6.45, 7) is 1.86. The van der Waals surface area contributed by atoms with E-state index < -0.39 is 5.91 Å². The number of nitrogens with one attached hydrogen (secondary N) is 1. The Labute approximate surface area is 138 Å². The van der Waals surface area contributed by atoms with Gasteiger partial charge in [0, 0.05) is 16.1 Å². The lowest BCUT2D eigenvalue weighted by Gasteiger charge is -2.12. The molecule has 0 unspecified atom stereocenters. The second-order valence-corrected chi connectivity index (χ2v) is 5.76. The van der Waals surface area contributed by atoms with Crippen LogP contribution in [0, 0.1) is 6.92 Å². The van der Waals surface area contributed by atoms with Gasteiger partial charge >= 0.3 is 0 Å². The predicted molar refractivity (Wildman–Crippen MR) is 94.2 cm³/mol. The highest BCUT2D eigenvalue weighted by Gasteiger charge is 2.17. The van der Waals surface area contributed by atoms with Crippen molar-refractivity contribution in [2.24, 2.45) is 0 Å². The smallest absolute Gasteiger partial charge is 0.259 e. The van der Waals surface area contributed by atoms with Crippen LogP contribution in [0.4, 0.5) is 11.4 Å². The van der Waals surface area contributed by atoms with E-state index in [2.05, 4.69) is 5.32 Å². The summed E-state index contributed by atoms with van der Waals surface area (Å²) >= 11 is 5.96. The fourth-order valence-electron chi connectivity index (χ4n) is 2.46. The van der Waals surface area contributed by atoms with Crippen molar-refractivity contribution in [2.75, 3.05) is 11.1 Å². The predicted octanol–water partition coefficient (Wildman–Crippen LogP) is 4.34. The lowest BCUT2D eigenvalue weighted by Crippen LogP contribution is -2.13. The largest absolute Gasteiger partial charge is 0.505 e. The van der Waals surface area contributed by atoms with Crippen LogP contribution in [0.1, 0.15) is 15.9 Å². The molecule has 1 amide bonds. The van der Waals surface area contributed by atoms with Crippen molar-refractivity contribution in [2.45, 2.75) is 6.92 Å². The zero-order chi connectivity index (χ0) is 16.6. The van der Waals surface area contributed by atoms with Crippen molar-refractivity contribution in [3.8, 4) is 5.75 Å². The Kier molecular flexibility index (Phi) is 3.84. The third-order valence-corrected chi connectivity index (χ3v) is 3.99. The van der Waals surface area contributed by atoms with Crippen LogP contribution < -0.4 is 11.1 Å². The van der Waals surface area contributed by atoms with Gasteiger partial charge in [-0.05, 0) is 36.1 Å². The number of fused-ring (bicyclic) bond motifs is 1. The van der Waals surface area contributed by atoms with Gasteiger partial charge in [0.05, 0.1) is 11.3 Å². The molecule has 0 aliphatic rings. The van der Waals surface area contributed by atoms with E-state index in [-0.39, 0.29) is 17.0 Å². The van der Waals surface area contributed by atoms with Gasteiger partial charge in [0.1, 0.15) is 0 Å². The molecule has 0 aliphatic heterocycles. The highest BCUT2D eigenvalue weighted by atomic mass is 35.5. The van der Waals surface area contributed by atoms with E-state index in [1.165, 1.54) is 0 Å². The van der Waals surface area contributed by atoms with E-state index in [9.17, 15) is 9.90 Å². The molecule has 116 valence electrons. The monoisotopic (exact) mass is 326 g/mol. The van der Waals surface area contributed by atoms with Crippen molar-refractivity contribution in [1.82, 2.24) is 0 Å². The minimum Gasteiger partial charge on any atom is -0.505 e. The maximum atomic E-state index is 12.5. The first-order valence-electron chi connectivity index (χ1n) is 7.05. The summed E-state index contributed by atoms with van der Waals surface area (Å²) in [5, 5.41) is 15.0. The highest BCUT2D eigenvalue weighted by Crippen LogP contribution is 2.34. The van der Waals surface area contributed by atoms with E-state index in [4.69, 9.17) is 17.3 Å². The molecule has 4 N–H and O–H groups in total. The van der Waals surface area contributed by atoms with Gasteiger partial charge < -0.3 is 16.2 Å². The second-order valence-electron chi connectivity index (χ2n) is 5.32. The topological polar surface area (TPSA) is 75.4 Å². The van der Waals surface area contributed by atoms with Crippen LogP contribution in [0.25, 0.3) is 10.8 Å². The van der Waals surface area contributed by atoms with Crippen LogP contribution in [-0.4, -0.2) is 11.0 Å². The summed E-state index contributed by atoms with van der Waals surface area (Å²) < 4.78 is 0. The molecule has 0 spiro atoms. The zero-order valence-electron chi connectivity index (χ0n) is 12.4. The molecule has 0 fully saturated rings. The average molecular weight is 327 g/mol. The maximum absolute atomic E-state index is 12.5. The first-order valence-corrected chi connectivity index (χ1v) is 7.43. The van der Waals surface area contributed by atoms with Crippen molar-refractivity contribution in [3.05, 3.63) is 64.7 Å². The number of amides is 1. The minimum absolute atomic E-state index is 0.126. The molecule has 0 aliphatic carbocycles. The SMILES string of the molecule is Cc1ccc(Cl)cc1NC(=O)c1cc2ccccc2c(N)c1O. The number of aromatic hydroxyl groups is 1. The average Bonchev–Trinajstić information content (AvgIpc) is 2.54. The minimum atomic E-state index is -0.440. The molecule has 0 saturated heterocycles. The van der Waals surface area contributed by atoms with Gasteiger partial charge in [-0.2, -0.15) is 0 Å². The fourth-order valence-corrected chi connectivity index (χ4v) is 2.63. The molecule has 0 aromatic heterocycles. The number of phenolic OH excluding ortho intramolecular Hbond substituents is 1. The van der Waals surface area contributed by atoms with Crippen molar-refractivity contribution in [3.63, 3.8) is 0 Å². The van der Waals surface area contributed by atoms with Gasteiger partial charge in [0.15, 0.2) is 5.75 Å². The number of aryl methyl sites for hydroxylation is 1. The van der Waals surface area contributed by atoms with Gasteiger partial charge in [0.25, 0.3) is 5.91 Å². The van der Waals surface area contributed by atoms with Crippen LogP contribution >= 0.6 is 11.6 Å². The van der Waals surface area contributed by atoms with Crippen LogP contribution in [0.3, 0.4) is 0 Å². The molecule has 4 nitrogen and oxygen atoms in total. The molecule has 3 rings (SSSR count). The normalized spacial score (nSPS) is 10.7. The Hall–Kier alpha value is -2.72. The number of halogens is 1. The van der Waals surface area contributed by atoms with Crippen LogP contribution in [0.2, 0.25) is 5.02 Å². The number of nitrogen functional groups attached to an aromatic ring is 1. The lowest BCUT2D eigenvalue weighted by atomic mass is 10.0. The van der Waals surface area contributed by atoms with Crippen LogP contribution in [-0.2, 0) is 0 Å². The molecular weight excluding hydrogens is 312 g/mol. The molecular formula is C18H15ClN2O2. The van der Waals surface area contributed by atoms with Gasteiger partial charge in [0.2, 0.25) is 0 Å². The molecule has 0 saturated carbocycles. The number of rotatable bonds is 2. The number of carbonyl (C=O) groups excluding carboxylic acids is 1. The van der Waals surface area contributed by atoms with Gasteiger partial charge in [-0.1, -0.05) is 41.9 Å². The third-order valence-electron chi connectivity index (χ3n) is 3.75. The Bertz CT molecular complexity index is 922. The molecule has 3 aromatic rings. The standard InChI is InChI=1S/C18H15ClN2O2/c1-10-6-7-12(19)9-15(10)21-18(23)14-8-11-4-2-3-5-13(11)16(20)17(14)22/h2-9,22H,20H2,1H3,(H,21,23). The van der Waals surface area contributed by atoms with Gasteiger partial charge in [-0.25, -0.2) is 0 Å². The van der Waals surface area contributed by atoms with Crippen molar-refractivity contribution in [1.29, 1.82) is 0 Å². The summed E-state index contributed by atoms with van der Waals surface area (Å²) in [5.74, 6) is -0.661. The maximum Gasteiger partial charge on any atom is 0.259 e. The summed E-state index contributed by atoms with van der Waals surface area (Å²) in [4.78, 5) is 12.5. The number of hydrogen-bond donors (Lipinski definition) is 3. The molecule has 5 heteroatoms. The molecule has 0 bridgehead atoms. The molecule has 0 heterocycles. The van der Waals surface area contributed by atoms with Gasteiger partial charge in [-0.3, -0.25) is 4.79 Å². The number of benzene rings is 3. The third kappa shape index (κ3) is 2.81. The summed E-state index contributed by atoms with van der Waals surface area (Å²) in [6.07, 6.45) is 0. The van der Waals surface area contributed by atoms with Crippen molar-refractivity contribution < 1.29 is 9.90 Å². The Morgan fingerprint density at radius 3 is 2.70 bits per heavy atom. The molecule has 0 radical (unpaired) electrons. The number of carbonyl (C=O) groups is 1. The van der Waals surface area contributed by atoms with E-state index in [0.717, 1.165) is 10.9 Å². The number of nitrogens with two attached hydrogens (primary N) is 1. The number of hydrogen-bond acceptors (Lipinski definition) is 3. The van der Waals surface area contributed by atoms with E-state index in [1.807, 2.05) is 31.2 Å². The molecule has 3 aromatic carbocycles. The highest BCUT2D eigenvalue weighted by molar-refractivity contribution is 6.31. The first kappa shape index (κ1) is 15.2. The molecule has 0 atom stereocenters. The Morgan fingerprint density at radius 1 is 1.17 bits per heavy atom. The summed E-state index contributed by atoms with van der Waals surface area (Å²) in [5.41, 5.74) is 7.73. The Morgan fingerprint density at radius 2 is 1.91 bits per heavy atom. The zero-order valence-corrected chi connectivity index (χ0v) is 13.2. The Balaban J connectivity index is 2.04. The van der Waals surface area contributed by atoms with E-state index in [0.29, 0.717) is 16.1 Å².